The van der Waals surface area contributed by atoms with Crippen molar-refractivity contribution in [2.75, 3.05) is 37.4 Å². The fourth-order valence-corrected chi connectivity index (χ4v) is 1.73. The van der Waals surface area contributed by atoms with Gasteiger partial charge in [0.05, 0.1) is 0 Å². The van der Waals surface area contributed by atoms with Gasteiger partial charge in [0.25, 0.3) is 0 Å². The maximum absolute atomic E-state index is 11.5. The zero-order valence-corrected chi connectivity index (χ0v) is 12.6. The van der Waals surface area contributed by atoms with Crippen LogP contribution in [0.2, 0.25) is 0 Å². The number of hydrogen-bond donors (Lipinski definition) is 3. The van der Waals surface area contributed by atoms with Gasteiger partial charge < -0.3 is 20.7 Å². The number of anilines is 2. The van der Waals surface area contributed by atoms with E-state index in [0.717, 1.165) is 17.8 Å². The van der Waals surface area contributed by atoms with Crippen molar-refractivity contribution in [3.05, 3.63) is 24.3 Å². The SMILES string of the molecule is COCCCNC(=O)CCNc1ccc(NC(C)=O)cc1. The van der Waals surface area contributed by atoms with Crippen LogP contribution in [-0.4, -0.2) is 38.6 Å². The molecule has 0 unspecified atom stereocenters. The molecule has 0 radical (unpaired) electrons. The molecule has 0 heterocycles. The first-order valence-corrected chi connectivity index (χ1v) is 6.99. The van der Waals surface area contributed by atoms with Gasteiger partial charge in [-0.15, -0.1) is 0 Å². The van der Waals surface area contributed by atoms with E-state index in [4.69, 9.17) is 4.74 Å². The van der Waals surface area contributed by atoms with Crippen LogP contribution in [0.15, 0.2) is 24.3 Å². The Morgan fingerprint density at radius 3 is 2.38 bits per heavy atom. The zero-order chi connectivity index (χ0) is 15.5. The fourth-order valence-electron chi connectivity index (χ4n) is 1.73. The maximum atomic E-state index is 11.5. The van der Waals surface area contributed by atoms with E-state index in [9.17, 15) is 9.59 Å². The highest BCUT2D eigenvalue weighted by Crippen LogP contribution is 2.13. The molecule has 1 aromatic rings. The second kappa shape index (κ2) is 9.77. The Balaban J connectivity index is 2.20. The largest absolute Gasteiger partial charge is 0.385 e. The molecular formula is C15H23N3O3. The van der Waals surface area contributed by atoms with E-state index in [1.165, 1.54) is 6.92 Å². The number of methoxy groups -OCH3 is 1. The molecule has 0 aliphatic rings. The van der Waals surface area contributed by atoms with Crippen molar-refractivity contribution < 1.29 is 14.3 Å². The van der Waals surface area contributed by atoms with Crippen LogP contribution in [0, 0.1) is 0 Å². The quantitative estimate of drug-likeness (QED) is 0.604. The highest BCUT2D eigenvalue weighted by Gasteiger charge is 2.01. The Hall–Kier alpha value is -2.08. The van der Waals surface area contributed by atoms with Crippen molar-refractivity contribution in [1.29, 1.82) is 0 Å². The molecule has 0 aliphatic heterocycles. The van der Waals surface area contributed by atoms with Crippen LogP contribution in [0.25, 0.3) is 0 Å². The highest BCUT2D eigenvalue weighted by molar-refractivity contribution is 5.88. The van der Waals surface area contributed by atoms with Crippen LogP contribution in [-0.2, 0) is 14.3 Å². The summed E-state index contributed by atoms with van der Waals surface area (Å²) in [6.07, 6.45) is 1.24. The molecule has 1 rings (SSSR count). The van der Waals surface area contributed by atoms with Crippen molar-refractivity contribution in [1.82, 2.24) is 5.32 Å². The van der Waals surface area contributed by atoms with Gasteiger partial charge in [0.15, 0.2) is 0 Å². The summed E-state index contributed by atoms with van der Waals surface area (Å²) in [7, 11) is 1.64. The number of benzene rings is 1. The van der Waals surface area contributed by atoms with Crippen molar-refractivity contribution in [2.24, 2.45) is 0 Å². The lowest BCUT2D eigenvalue weighted by atomic mass is 10.2. The molecule has 0 saturated heterocycles. The van der Waals surface area contributed by atoms with E-state index in [-0.39, 0.29) is 11.8 Å². The minimum Gasteiger partial charge on any atom is -0.385 e. The van der Waals surface area contributed by atoms with E-state index in [1.807, 2.05) is 24.3 Å². The molecule has 0 aromatic heterocycles. The molecule has 6 nitrogen and oxygen atoms in total. The highest BCUT2D eigenvalue weighted by atomic mass is 16.5. The third-order valence-corrected chi connectivity index (χ3v) is 2.73. The molecule has 3 N–H and O–H groups in total. The molecule has 0 fully saturated rings. The van der Waals surface area contributed by atoms with E-state index in [0.29, 0.717) is 26.1 Å². The fraction of sp³-hybridized carbons (Fsp3) is 0.467. The summed E-state index contributed by atoms with van der Waals surface area (Å²) in [6.45, 7) is 3.32. The normalized spacial score (nSPS) is 10.0. The Labute approximate surface area is 125 Å². The molecule has 116 valence electrons. The van der Waals surface area contributed by atoms with Gasteiger partial charge in [-0.2, -0.15) is 0 Å². The van der Waals surface area contributed by atoms with E-state index < -0.39 is 0 Å². The Morgan fingerprint density at radius 1 is 1.10 bits per heavy atom. The summed E-state index contributed by atoms with van der Waals surface area (Å²) < 4.78 is 4.91. The Morgan fingerprint density at radius 2 is 1.76 bits per heavy atom. The van der Waals surface area contributed by atoms with Gasteiger partial charge in [0.2, 0.25) is 11.8 Å². The van der Waals surface area contributed by atoms with Gasteiger partial charge >= 0.3 is 0 Å². The lowest BCUT2D eigenvalue weighted by molar-refractivity contribution is -0.120. The van der Waals surface area contributed by atoms with Crippen molar-refractivity contribution >= 4 is 23.2 Å². The van der Waals surface area contributed by atoms with E-state index >= 15 is 0 Å². The summed E-state index contributed by atoms with van der Waals surface area (Å²) in [5.41, 5.74) is 1.67. The molecule has 0 saturated carbocycles. The molecule has 1 aromatic carbocycles. The van der Waals surface area contributed by atoms with Gasteiger partial charge in [-0.1, -0.05) is 0 Å². The second-order valence-corrected chi connectivity index (χ2v) is 4.63. The molecule has 0 bridgehead atoms. The third kappa shape index (κ3) is 7.94. The number of hydrogen-bond acceptors (Lipinski definition) is 4. The van der Waals surface area contributed by atoms with Crippen LogP contribution < -0.4 is 16.0 Å². The predicted molar refractivity (Wildman–Crippen MR) is 83.4 cm³/mol. The topological polar surface area (TPSA) is 79.5 Å². The van der Waals surface area contributed by atoms with Crippen LogP contribution in [0.1, 0.15) is 19.8 Å². The maximum Gasteiger partial charge on any atom is 0.221 e. The smallest absolute Gasteiger partial charge is 0.221 e. The number of amides is 2. The summed E-state index contributed by atoms with van der Waals surface area (Å²) in [5, 5.41) is 8.69. The average molecular weight is 293 g/mol. The molecule has 0 atom stereocenters. The van der Waals surface area contributed by atoms with Crippen molar-refractivity contribution in [3.8, 4) is 0 Å². The molecule has 2 amide bonds. The molecule has 0 spiro atoms. The van der Waals surface area contributed by atoms with Gasteiger partial charge in [-0.25, -0.2) is 0 Å². The van der Waals surface area contributed by atoms with Gasteiger partial charge in [0.1, 0.15) is 0 Å². The number of nitrogens with one attached hydrogen (secondary N) is 3. The molecule has 6 heteroatoms. The van der Waals surface area contributed by atoms with Gasteiger partial charge in [-0.05, 0) is 30.7 Å². The lowest BCUT2D eigenvalue weighted by Crippen LogP contribution is -2.26. The monoisotopic (exact) mass is 293 g/mol. The van der Waals surface area contributed by atoms with Crippen LogP contribution in [0.4, 0.5) is 11.4 Å². The zero-order valence-electron chi connectivity index (χ0n) is 12.6. The average Bonchev–Trinajstić information content (AvgIpc) is 2.45. The van der Waals surface area contributed by atoms with Crippen molar-refractivity contribution in [3.63, 3.8) is 0 Å². The first-order chi connectivity index (χ1) is 10.1. The minimum absolute atomic E-state index is 0.0217. The van der Waals surface area contributed by atoms with E-state index in [2.05, 4.69) is 16.0 Å². The Kier molecular flexibility index (Phi) is 7.89. The summed E-state index contributed by atoms with van der Waals surface area (Å²) in [6, 6.07) is 7.35. The number of rotatable bonds is 9. The van der Waals surface area contributed by atoms with Crippen LogP contribution in [0.3, 0.4) is 0 Å². The minimum atomic E-state index is -0.0964. The first kappa shape index (κ1) is 17.0. The summed E-state index contributed by atoms with van der Waals surface area (Å²) in [4.78, 5) is 22.4. The molecule has 0 aliphatic carbocycles. The third-order valence-electron chi connectivity index (χ3n) is 2.73. The van der Waals surface area contributed by atoms with Gasteiger partial charge in [0, 0.05) is 51.5 Å². The standard InChI is InChI=1S/C15H23N3O3/c1-12(19)18-14-6-4-13(5-7-14)16-10-8-15(20)17-9-3-11-21-2/h4-7,16H,3,8-11H2,1-2H3,(H,17,20)(H,18,19). The number of carbonyl (C=O) groups is 2. The van der Waals surface area contributed by atoms with Crippen LogP contribution >= 0.6 is 0 Å². The second-order valence-electron chi connectivity index (χ2n) is 4.63. The summed E-state index contributed by atoms with van der Waals surface area (Å²) >= 11 is 0. The summed E-state index contributed by atoms with van der Waals surface area (Å²) in [5.74, 6) is -0.0747. The molecular weight excluding hydrogens is 270 g/mol. The first-order valence-electron chi connectivity index (χ1n) is 6.99. The predicted octanol–water partition coefficient (Wildman–Crippen LogP) is 1.60. The van der Waals surface area contributed by atoms with Crippen LogP contribution in [0.5, 0.6) is 0 Å². The number of ether oxygens (including phenoxy) is 1. The number of carbonyl (C=O) groups excluding carboxylic acids is 2. The van der Waals surface area contributed by atoms with Crippen molar-refractivity contribution in [2.45, 2.75) is 19.8 Å². The van der Waals surface area contributed by atoms with E-state index in [1.54, 1.807) is 7.11 Å². The lowest BCUT2D eigenvalue weighted by Gasteiger charge is -2.08. The van der Waals surface area contributed by atoms with Gasteiger partial charge in [-0.3, -0.25) is 9.59 Å². The Bertz CT molecular complexity index is 446. The molecule has 21 heavy (non-hydrogen) atoms.